The molecule has 8 nitrogen and oxygen atoms in total. The van der Waals surface area contributed by atoms with Crippen LogP contribution >= 0.6 is 0 Å². The second-order valence-electron chi connectivity index (χ2n) is 8.42. The molecule has 1 rings (SSSR count). The first-order valence-electron chi connectivity index (χ1n) is 8.49. The summed E-state index contributed by atoms with van der Waals surface area (Å²) in [5.74, 6) is -1.52. The summed E-state index contributed by atoms with van der Waals surface area (Å²) in [5, 5.41) is 0. The van der Waals surface area contributed by atoms with E-state index in [-0.39, 0.29) is 6.42 Å². The summed E-state index contributed by atoms with van der Waals surface area (Å²) in [6, 6.07) is -1.15. The van der Waals surface area contributed by atoms with Gasteiger partial charge in [0.05, 0.1) is 12.6 Å². The number of rotatable bonds is 5. The van der Waals surface area contributed by atoms with Gasteiger partial charge in [0.2, 0.25) is 0 Å². The standard InChI is InChI=1S/C16H26F3NO7S/c1-14(2,3)25-12(21)9-20-8-10(27-28(23,24)16(17,18)19)7-11(20)13(22)26-15(4,5)6/h10-11H,7-9H2,1-6H3/t10-,11+/m1/s1. The molecule has 164 valence electrons. The summed E-state index contributed by atoms with van der Waals surface area (Å²) in [6.45, 7) is 8.85. The maximum atomic E-state index is 12.6. The van der Waals surface area contributed by atoms with Crippen LogP contribution in [0.4, 0.5) is 13.2 Å². The quantitative estimate of drug-likeness (QED) is 0.369. The van der Waals surface area contributed by atoms with Crippen LogP contribution in [0.15, 0.2) is 0 Å². The van der Waals surface area contributed by atoms with Crippen molar-refractivity contribution in [2.45, 2.75) is 76.8 Å². The first-order chi connectivity index (χ1) is 12.3. The van der Waals surface area contributed by atoms with Gasteiger partial charge in [-0.1, -0.05) is 0 Å². The van der Waals surface area contributed by atoms with Gasteiger partial charge >= 0.3 is 27.6 Å². The van der Waals surface area contributed by atoms with Gasteiger partial charge in [0, 0.05) is 13.0 Å². The Balaban J connectivity index is 2.98. The number of halogens is 3. The van der Waals surface area contributed by atoms with Crippen molar-refractivity contribution in [2.75, 3.05) is 13.1 Å². The number of nitrogens with zero attached hydrogens (tertiary/aromatic N) is 1. The predicted molar refractivity (Wildman–Crippen MR) is 91.5 cm³/mol. The Morgan fingerprint density at radius 3 is 1.93 bits per heavy atom. The van der Waals surface area contributed by atoms with Crippen LogP contribution < -0.4 is 0 Å². The summed E-state index contributed by atoms with van der Waals surface area (Å²) >= 11 is 0. The third-order valence-electron chi connectivity index (χ3n) is 3.34. The zero-order chi connectivity index (χ0) is 22.1. The van der Waals surface area contributed by atoms with Crippen molar-refractivity contribution in [3.05, 3.63) is 0 Å². The van der Waals surface area contributed by atoms with Gasteiger partial charge in [-0.15, -0.1) is 0 Å². The molecular formula is C16H26F3NO7S. The molecule has 0 saturated carbocycles. The fraction of sp³-hybridized carbons (Fsp3) is 0.875. The molecule has 0 aromatic rings. The molecule has 1 saturated heterocycles. The highest BCUT2D eigenvalue weighted by Crippen LogP contribution is 2.30. The van der Waals surface area contributed by atoms with E-state index < -0.39 is 64.0 Å². The number of esters is 2. The molecular weight excluding hydrogens is 407 g/mol. The van der Waals surface area contributed by atoms with E-state index in [4.69, 9.17) is 9.47 Å². The normalized spacial score (nSPS) is 22.2. The summed E-state index contributed by atoms with van der Waals surface area (Å²) in [7, 11) is -5.84. The highest BCUT2D eigenvalue weighted by atomic mass is 32.2. The Hall–Kier alpha value is -1.40. The lowest BCUT2D eigenvalue weighted by Crippen LogP contribution is -2.44. The van der Waals surface area contributed by atoms with Gasteiger partial charge < -0.3 is 9.47 Å². The van der Waals surface area contributed by atoms with Gasteiger partial charge in [-0.3, -0.25) is 18.7 Å². The Labute approximate surface area is 162 Å². The summed E-state index contributed by atoms with van der Waals surface area (Å²) in [5.41, 5.74) is -7.29. The van der Waals surface area contributed by atoms with Crippen LogP contribution in [0.5, 0.6) is 0 Å². The number of alkyl halides is 3. The molecule has 0 aromatic heterocycles. The molecule has 1 aliphatic heterocycles. The average molecular weight is 433 g/mol. The second kappa shape index (κ2) is 8.15. The molecule has 0 unspecified atom stereocenters. The number of hydrogen-bond donors (Lipinski definition) is 0. The summed E-state index contributed by atoms with van der Waals surface area (Å²) < 4.78 is 74.8. The molecule has 12 heteroatoms. The monoisotopic (exact) mass is 433 g/mol. The van der Waals surface area contributed by atoms with Gasteiger partial charge in [-0.05, 0) is 41.5 Å². The van der Waals surface area contributed by atoms with Crippen molar-refractivity contribution < 1.29 is 44.8 Å². The third-order valence-corrected chi connectivity index (χ3v) is 4.43. The van der Waals surface area contributed by atoms with Crippen molar-refractivity contribution >= 4 is 22.1 Å². The van der Waals surface area contributed by atoms with Crippen molar-refractivity contribution in [2.24, 2.45) is 0 Å². The molecule has 0 radical (unpaired) electrons. The molecule has 1 aliphatic rings. The van der Waals surface area contributed by atoms with Crippen LogP contribution in [0.1, 0.15) is 48.0 Å². The molecule has 0 spiro atoms. The van der Waals surface area contributed by atoms with Crippen molar-refractivity contribution in [1.82, 2.24) is 4.90 Å². The highest BCUT2D eigenvalue weighted by Gasteiger charge is 2.51. The predicted octanol–water partition coefficient (Wildman–Crippen LogP) is 1.98. The largest absolute Gasteiger partial charge is 0.523 e. The highest BCUT2D eigenvalue weighted by molar-refractivity contribution is 7.87. The molecule has 0 amide bonds. The van der Waals surface area contributed by atoms with E-state index in [0.717, 1.165) is 0 Å². The van der Waals surface area contributed by atoms with E-state index in [1.54, 1.807) is 41.5 Å². The summed E-state index contributed by atoms with van der Waals surface area (Å²) in [6.07, 6.45) is -1.85. The zero-order valence-electron chi connectivity index (χ0n) is 16.6. The molecule has 0 aliphatic carbocycles. The van der Waals surface area contributed by atoms with Crippen molar-refractivity contribution in [1.29, 1.82) is 0 Å². The lowest BCUT2D eigenvalue weighted by molar-refractivity contribution is -0.163. The molecule has 1 fully saturated rings. The lowest BCUT2D eigenvalue weighted by atomic mass is 10.1. The van der Waals surface area contributed by atoms with Gasteiger partial charge in [0.15, 0.2) is 0 Å². The van der Waals surface area contributed by atoms with Crippen LogP contribution in [0, 0.1) is 0 Å². The lowest BCUT2D eigenvalue weighted by Gasteiger charge is -2.27. The van der Waals surface area contributed by atoms with Crippen molar-refractivity contribution in [3.63, 3.8) is 0 Å². The maximum Gasteiger partial charge on any atom is 0.523 e. The first-order valence-corrected chi connectivity index (χ1v) is 9.90. The smallest absolute Gasteiger partial charge is 0.459 e. The molecule has 0 aromatic carbocycles. The van der Waals surface area contributed by atoms with Gasteiger partial charge in [-0.25, -0.2) is 0 Å². The van der Waals surface area contributed by atoms with E-state index in [1.807, 2.05) is 0 Å². The number of likely N-dealkylation sites (tertiary alicyclic amines) is 1. The van der Waals surface area contributed by atoms with E-state index in [9.17, 15) is 31.2 Å². The Morgan fingerprint density at radius 1 is 1.00 bits per heavy atom. The minimum atomic E-state index is -5.84. The minimum absolute atomic E-state index is 0.382. The van der Waals surface area contributed by atoms with Crippen LogP contribution in [0.3, 0.4) is 0 Å². The van der Waals surface area contributed by atoms with Crippen LogP contribution in [0.2, 0.25) is 0 Å². The summed E-state index contributed by atoms with van der Waals surface area (Å²) in [4.78, 5) is 25.7. The average Bonchev–Trinajstić information content (AvgIpc) is 2.74. The minimum Gasteiger partial charge on any atom is -0.459 e. The Morgan fingerprint density at radius 2 is 1.50 bits per heavy atom. The van der Waals surface area contributed by atoms with E-state index in [1.165, 1.54) is 4.90 Å². The van der Waals surface area contributed by atoms with Crippen LogP contribution in [-0.2, 0) is 33.4 Å². The topological polar surface area (TPSA) is 99.2 Å². The van der Waals surface area contributed by atoms with Gasteiger partial charge in [-0.2, -0.15) is 21.6 Å². The maximum absolute atomic E-state index is 12.6. The molecule has 2 atom stereocenters. The van der Waals surface area contributed by atoms with E-state index in [2.05, 4.69) is 4.18 Å². The molecule has 28 heavy (non-hydrogen) atoms. The van der Waals surface area contributed by atoms with Gasteiger partial charge in [0.25, 0.3) is 0 Å². The second-order valence-corrected chi connectivity index (χ2v) is 9.98. The van der Waals surface area contributed by atoms with Gasteiger partial charge in [0.1, 0.15) is 17.2 Å². The van der Waals surface area contributed by atoms with Crippen molar-refractivity contribution in [3.8, 4) is 0 Å². The number of carbonyl (C=O) groups is 2. The van der Waals surface area contributed by atoms with E-state index >= 15 is 0 Å². The molecule has 1 heterocycles. The molecule has 0 bridgehead atoms. The first kappa shape index (κ1) is 24.6. The Bertz CT molecular complexity index is 692. The van der Waals surface area contributed by atoms with E-state index in [0.29, 0.717) is 0 Å². The number of carbonyl (C=O) groups excluding carboxylic acids is 2. The molecule has 0 N–H and O–H groups in total. The number of ether oxygens (including phenoxy) is 2. The SMILES string of the molecule is CC(C)(C)OC(=O)CN1C[C@H](OS(=O)(=O)C(F)(F)F)C[C@H]1C(=O)OC(C)(C)C. The zero-order valence-corrected chi connectivity index (χ0v) is 17.4. The fourth-order valence-corrected chi connectivity index (χ4v) is 3.10. The number of hydrogen-bond acceptors (Lipinski definition) is 8. The fourth-order valence-electron chi connectivity index (χ4n) is 2.49. The third kappa shape index (κ3) is 7.55. The Kier molecular flexibility index (Phi) is 7.17. The van der Waals surface area contributed by atoms with Crippen LogP contribution in [-0.4, -0.2) is 67.2 Å². The van der Waals surface area contributed by atoms with Crippen LogP contribution in [0.25, 0.3) is 0 Å².